The van der Waals surface area contributed by atoms with Crippen molar-refractivity contribution in [3.05, 3.63) is 10.5 Å². The number of carbonyl (C=O) groups excluding carboxylic acids is 1. The Labute approximate surface area is 116 Å². The fourth-order valence-electron chi connectivity index (χ4n) is 1.62. The summed E-state index contributed by atoms with van der Waals surface area (Å²) in [6, 6.07) is -0.331. The van der Waals surface area contributed by atoms with Crippen molar-refractivity contribution in [3.8, 4) is 0 Å². The molecule has 0 radical (unpaired) electrons. The van der Waals surface area contributed by atoms with Gasteiger partial charge in [-0.3, -0.25) is 9.36 Å². The first-order valence-electron chi connectivity index (χ1n) is 6.17. The maximum atomic E-state index is 11.5. The predicted octanol–water partition coefficient (Wildman–Crippen LogP) is 0.225. The van der Waals surface area contributed by atoms with E-state index in [0.717, 1.165) is 6.42 Å². The molecule has 0 amide bonds. The zero-order valence-electron chi connectivity index (χ0n) is 11.4. The summed E-state index contributed by atoms with van der Waals surface area (Å²) in [5, 5.41) is 9.97. The van der Waals surface area contributed by atoms with Gasteiger partial charge < -0.3 is 10.1 Å². The maximum Gasteiger partial charge on any atom is 0.343 e. The lowest BCUT2D eigenvalue weighted by atomic mass is 10.2. The smallest absolute Gasteiger partial charge is 0.343 e. The molecule has 7 nitrogen and oxygen atoms in total. The van der Waals surface area contributed by atoms with Gasteiger partial charge in [-0.1, -0.05) is 18.7 Å². The largest absolute Gasteiger partial charge is 0.468 e. The van der Waals surface area contributed by atoms with E-state index in [2.05, 4.69) is 20.3 Å². The number of hydrogen-bond donors (Lipinski definition) is 2. The summed E-state index contributed by atoms with van der Waals surface area (Å²) in [7, 11) is 3.08. The molecule has 0 aliphatic heterocycles. The third-order valence-corrected chi connectivity index (χ3v) is 3.65. The fourth-order valence-corrected chi connectivity index (χ4v) is 2.60. The van der Waals surface area contributed by atoms with Gasteiger partial charge in [-0.25, -0.2) is 9.89 Å². The number of esters is 1. The van der Waals surface area contributed by atoms with Gasteiger partial charge in [0.1, 0.15) is 6.04 Å². The highest BCUT2D eigenvalue weighted by molar-refractivity contribution is 7.99. The Balaban J connectivity index is 2.53. The van der Waals surface area contributed by atoms with Crippen LogP contribution in [0.4, 0.5) is 0 Å². The Morgan fingerprint density at radius 3 is 2.95 bits per heavy atom. The van der Waals surface area contributed by atoms with Crippen LogP contribution in [-0.4, -0.2) is 46.7 Å². The molecular formula is C11H20N4O3S. The standard InChI is InChI=1S/C11H20N4O3S/c1-4-6-15-10(17)13-14-11(15)19-7-5-8(12-2)9(16)18-3/h8,12H,4-7H2,1-3H3,(H,13,17). The number of thioether (sulfide) groups is 1. The van der Waals surface area contributed by atoms with Crippen LogP contribution in [0.15, 0.2) is 9.95 Å². The topological polar surface area (TPSA) is 89.0 Å². The molecule has 19 heavy (non-hydrogen) atoms. The molecule has 0 aromatic carbocycles. The van der Waals surface area contributed by atoms with E-state index in [4.69, 9.17) is 0 Å². The Morgan fingerprint density at radius 2 is 2.37 bits per heavy atom. The molecule has 0 bridgehead atoms. The number of aromatic nitrogens is 3. The first-order chi connectivity index (χ1) is 9.13. The van der Waals surface area contributed by atoms with Crippen LogP contribution in [0.25, 0.3) is 0 Å². The van der Waals surface area contributed by atoms with Crippen LogP contribution < -0.4 is 11.0 Å². The monoisotopic (exact) mass is 288 g/mol. The first kappa shape index (κ1) is 15.8. The molecule has 0 spiro atoms. The number of H-pyrrole nitrogens is 1. The van der Waals surface area contributed by atoms with Crippen molar-refractivity contribution >= 4 is 17.7 Å². The van der Waals surface area contributed by atoms with Gasteiger partial charge in [-0.15, -0.1) is 5.10 Å². The molecule has 0 saturated heterocycles. The second-order valence-electron chi connectivity index (χ2n) is 3.96. The summed E-state index contributed by atoms with van der Waals surface area (Å²) in [5.74, 6) is 0.394. The van der Waals surface area contributed by atoms with Crippen LogP contribution in [0.3, 0.4) is 0 Å². The van der Waals surface area contributed by atoms with Crippen molar-refractivity contribution < 1.29 is 9.53 Å². The number of methoxy groups -OCH3 is 1. The molecule has 0 saturated carbocycles. The Morgan fingerprint density at radius 1 is 1.63 bits per heavy atom. The van der Waals surface area contributed by atoms with Crippen molar-refractivity contribution in [2.45, 2.75) is 37.5 Å². The molecule has 1 rings (SSSR count). The molecule has 0 fully saturated rings. The zero-order valence-corrected chi connectivity index (χ0v) is 12.2. The molecule has 108 valence electrons. The summed E-state index contributed by atoms with van der Waals surface area (Å²) in [5.41, 5.74) is -0.192. The van der Waals surface area contributed by atoms with Gasteiger partial charge >= 0.3 is 11.7 Å². The molecule has 1 heterocycles. The number of hydrogen-bond acceptors (Lipinski definition) is 6. The average Bonchev–Trinajstić information content (AvgIpc) is 2.76. The molecule has 1 atom stereocenters. The normalized spacial score (nSPS) is 12.4. The van der Waals surface area contributed by atoms with Crippen molar-refractivity contribution in [1.29, 1.82) is 0 Å². The van der Waals surface area contributed by atoms with Gasteiger partial charge in [0, 0.05) is 12.3 Å². The molecule has 1 aromatic heterocycles. The number of carbonyl (C=O) groups is 1. The van der Waals surface area contributed by atoms with Gasteiger partial charge in [0.15, 0.2) is 5.16 Å². The second-order valence-corrected chi connectivity index (χ2v) is 5.03. The molecule has 2 N–H and O–H groups in total. The van der Waals surface area contributed by atoms with Crippen LogP contribution in [0, 0.1) is 0 Å². The first-order valence-corrected chi connectivity index (χ1v) is 7.15. The predicted molar refractivity (Wildman–Crippen MR) is 73.3 cm³/mol. The Bertz CT molecular complexity index is 457. The zero-order chi connectivity index (χ0) is 14.3. The summed E-state index contributed by atoms with van der Waals surface area (Å²) >= 11 is 1.45. The van der Waals surface area contributed by atoms with Crippen LogP contribution in [-0.2, 0) is 16.1 Å². The van der Waals surface area contributed by atoms with Gasteiger partial charge in [0.25, 0.3) is 0 Å². The third kappa shape index (κ3) is 4.39. The summed E-state index contributed by atoms with van der Waals surface area (Å²) in [6.07, 6.45) is 1.48. The van der Waals surface area contributed by atoms with Crippen molar-refractivity contribution in [1.82, 2.24) is 20.1 Å². The highest BCUT2D eigenvalue weighted by atomic mass is 32.2. The van der Waals surface area contributed by atoms with Gasteiger partial charge in [0.05, 0.1) is 7.11 Å². The van der Waals surface area contributed by atoms with E-state index in [-0.39, 0.29) is 17.7 Å². The van der Waals surface area contributed by atoms with Gasteiger partial charge in [-0.2, -0.15) is 0 Å². The number of nitrogens with one attached hydrogen (secondary N) is 2. The SMILES string of the molecule is CCCn1c(SCCC(NC)C(=O)OC)n[nH]c1=O. The molecule has 0 aliphatic carbocycles. The highest BCUT2D eigenvalue weighted by Crippen LogP contribution is 2.15. The molecule has 1 unspecified atom stereocenters. The number of rotatable bonds is 8. The summed E-state index contributed by atoms with van der Waals surface area (Å²) in [4.78, 5) is 22.9. The van der Waals surface area contributed by atoms with Crippen LogP contribution in [0.2, 0.25) is 0 Å². The number of ether oxygens (including phenoxy) is 1. The van der Waals surface area contributed by atoms with E-state index in [1.807, 2.05) is 6.92 Å². The minimum Gasteiger partial charge on any atom is -0.468 e. The van der Waals surface area contributed by atoms with Crippen molar-refractivity contribution in [2.24, 2.45) is 0 Å². The number of nitrogens with zero attached hydrogens (tertiary/aromatic N) is 2. The minimum atomic E-state index is -0.331. The molecule has 0 aliphatic rings. The molecule has 8 heteroatoms. The lowest BCUT2D eigenvalue weighted by Crippen LogP contribution is -2.35. The van der Waals surface area contributed by atoms with Crippen molar-refractivity contribution in [3.63, 3.8) is 0 Å². The van der Waals surface area contributed by atoms with E-state index >= 15 is 0 Å². The Hall–Kier alpha value is -1.28. The lowest BCUT2D eigenvalue weighted by Gasteiger charge is -2.12. The average molecular weight is 288 g/mol. The fraction of sp³-hybridized carbons (Fsp3) is 0.727. The lowest BCUT2D eigenvalue weighted by molar-refractivity contribution is -0.143. The highest BCUT2D eigenvalue weighted by Gasteiger charge is 2.17. The van der Waals surface area contributed by atoms with Crippen LogP contribution >= 0.6 is 11.8 Å². The van der Waals surface area contributed by atoms with Gasteiger partial charge in [0.2, 0.25) is 0 Å². The van der Waals surface area contributed by atoms with Crippen LogP contribution in [0.1, 0.15) is 19.8 Å². The van der Waals surface area contributed by atoms with E-state index in [0.29, 0.717) is 23.9 Å². The molecule has 1 aromatic rings. The van der Waals surface area contributed by atoms with Crippen LogP contribution in [0.5, 0.6) is 0 Å². The third-order valence-electron chi connectivity index (χ3n) is 2.64. The second kappa shape index (κ2) is 8.00. The maximum absolute atomic E-state index is 11.5. The number of likely N-dealkylation sites (N-methyl/N-ethyl adjacent to an activating group) is 1. The van der Waals surface area contributed by atoms with Gasteiger partial charge in [-0.05, 0) is 19.9 Å². The quantitative estimate of drug-likeness (QED) is 0.525. The Kier molecular flexibility index (Phi) is 6.65. The minimum absolute atomic E-state index is 0.192. The van der Waals surface area contributed by atoms with E-state index in [1.165, 1.54) is 18.9 Å². The molecular weight excluding hydrogens is 268 g/mol. The van der Waals surface area contributed by atoms with E-state index in [1.54, 1.807) is 11.6 Å². The summed E-state index contributed by atoms with van der Waals surface area (Å²) in [6.45, 7) is 2.65. The van der Waals surface area contributed by atoms with Crippen molar-refractivity contribution in [2.75, 3.05) is 19.9 Å². The van der Waals surface area contributed by atoms with E-state index in [9.17, 15) is 9.59 Å². The summed E-state index contributed by atoms with van der Waals surface area (Å²) < 4.78 is 6.29. The van der Waals surface area contributed by atoms with E-state index < -0.39 is 0 Å². The number of aromatic amines is 1.